The average Bonchev–Trinajstić information content (AvgIpc) is 3.28. The number of methoxy groups -OCH3 is 1. The summed E-state index contributed by atoms with van der Waals surface area (Å²) in [4.78, 5) is 20.8. The van der Waals surface area contributed by atoms with Gasteiger partial charge in [0.1, 0.15) is 12.0 Å². The van der Waals surface area contributed by atoms with E-state index in [2.05, 4.69) is 25.9 Å². The number of carbonyl (C=O) groups is 1. The molecule has 164 valence electrons. The predicted octanol–water partition coefficient (Wildman–Crippen LogP) is 3.06. The lowest BCUT2D eigenvalue weighted by Crippen LogP contribution is -2.41. The normalized spacial score (nSPS) is 10.7. The maximum absolute atomic E-state index is 12.2. The van der Waals surface area contributed by atoms with Gasteiger partial charge in [0.15, 0.2) is 5.96 Å². The largest absolute Gasteiger partial charge is 0.497 e. The fourth-order valence-corrected chi connectivity index (χ4v) is 2.72. The van der Waals surface area contributed by atoms with E-state index in [4.69, 9.17) is 9.15 Å². The number of nitrogens with one attached hydrogen (secondary N) is 3. The number of guanidine groups is 1. The number of aliphatic imine (C=N–C) groups is 1. The molecule has 0 bridgehead atoms. The summed E-state index contributed by atoms with van der Waals surface area (Å²) in [5, 5.41) is 9.18. The Morgan fingerprint density at radius 2 is 1.84 bits per heavy atom. The van der Waals surface area contributed by atoms with Crippen molar-refractivity contribution in [2.24, 2.45) is 4.99 Å². The van der Waals surface area contributed by atoms with Crippen molar-refractivity contribution >= 4 is 35.8 Å². The van der Waals surface area contributed by atoms with Gasteiger partial charge in [0.2, 0.25) is 5.89 Å². The van der Waals surface area contributed by atoms with Crippen molar-refractivity contribution in [3.8, 4) is 17.2 Å². The molecule has 31 heavy (non-hydrogen) atoms. The van der Waals surface area contributed by atoms with Crippen LogP contribution in [0.1, 0.15) is 16.1 Å². The summed E-state index contributed by atoms with van der Waals surface area (Å²) in [6.45, 7) is 1.43. The molecule has 2 aromatic carbocycles. The van der Waals surface area contributed by atoms with Crippen LogP contribution in [0, 0.1) is 0 Å². The first-order valence-electron chi connectivity index (χ1n) is 9.56. The standard InChI is InChI=1S/C22H25N5O3.HI/c1-23-22(25-12-11-24-20(28)17-9-6-10-19(13-17)29-2)26-14-18-15-30-21(27-18)16-7-4-3-5-8-16;/h3-10,13,15H,11-12,14H2,1-2H3,(H,24,28)(H2,23,25,26);1H. The molecular formula is C22H26IN5O3. The lowest BCUT2D eigenvalue weighted by Gasteiger charge is -2.11. The maximum Gasteiger partial charge on any atom is 0.251 e. The number of hydrogen-bond acceptors (Lipinski definition) is 5. The molecule has 0 aliphatic rings. The molecule has 0 aliphatic heterocycles. The van der Waals surface area contributed by atoms with Crippen molar-refractivity contribution in [1.29, 1.82) is 0 Å². The number of carbonyl (C=O) groups excluding carboxylic acids is 1. The molecule has 0 atom stereocenters. The SMILES string of the molecule is CN=C(NCCNC(=O)c1cccc(OC)c1)NCc1coc(-c2ccccc2)n1.I. The summed E-state index contributed by atoms with van der Waals surface area (Å²) >= 11 is 0. The lowest BCUT2D eigenvalue weighted by atomic mass is 10.2. The summed E-state index contributed by atoms with van der Waals surface area (Å²) < 4.78 is 10.7. The van der Waals surface area contributed by atoms with Gasteiger partial charge in [0.05, 0.1) is 19.3 Å². The summed E-state index contributed by atoms with van der Waals surface area (Å²) in [6, 6.07) is 16.7. The van der Waals surface area contributed by atoms with Gasteiger partial charge in [-0.2, -0.15) is 0 Å². The van der Waals surface area contributed by atoms with E-state index in [1.165, 1.54) is 0 Å². The summed E-state index contributed by atoms with van der Waals surface area (Å²) in [5.74, 6) is 1.67. The third kappa shape index (κ3) is 7.28. The van der Waals surface area contributed by atoms with Crippen molar-refractivity contribution in [3.63, 3.8) is 0 Å². The second-order valence-corrected chi connectivity index (χ2v) is 6.35. The molecule has 1 heterocycles. The number of oxazole rings is 1. The van der Waals surface area contributed by atoms with Crippen LogP contribution in [-0.2, 0) is 6.54 Å². The van der Waals surface area contributed by atoms with Crippen molar-refractivity contribution in [2.75, 3.05) is 27.2 Å². The molecule has 3 rings (SSSR count). The summed E-state index contributed by atoms with van der Waals surface area (Å²) in [7, 11) is 3.25. The molecule has 1 amide bonds. The van der Waals surface area contributed by atoms with Crippen molar-refractivity contribution < 1.29 is 13.9 Å². The fourth-order valence-electron chi connectivity index (χ4n) is 2.72. The van der Waals surface area contributed by atoms with Crippen LogP contribution in [0.4, 0.5) is 0 Å². The lowest BCUT2D eigenvalue weighted by molar-refractivity contribution is 0.0954. The number of aromatic nitrogens is 1. The van der Waals surface area contributed by atoms with E-state index in [-0.39, 0.29) is 29.9 Å². The number of amides is 1. The van der Waals surface area contributed by atoms with Gasteiger partial charge < -0.3 is 25.1 Å². The Kier molecular flexibility index (Phi) is 9.82. The zero-order valence-electron chi connectivity index (χ0n) is 17.4. The number of halogens is 1. The highest BCUT2D eigenvalue weighted by Gasteiger charge is 2.08. The Bertz CT molecular complexity index is 992. The Morgan fingerprint density at radius 1 is 1.06 bits per heavy atom. The summed E-state index contributed by atoms with van der Waals surface area (Å²) in [5.41, 5.74) is 2.25. The number of hydrogen-bond donors (Lipinski definition) is 3. The Hall–Kier alpha value is -3.08. The topological polar surface area (TPSA) is 101 Å². The molecule has 0 fully saturated rings. The second kappa shape index (κ2) is 12.6. The van der Waals surface area contributed by atoms with Gasteiger partial charge in [-0.05, 0) is 30.3 Å². The first-order chi connectivity index (χ1) is 14.7. The van der Waals surface area contributed by atoms with Crippen LogP contribution in [0.2, 0.25) is 0 Å². The highest BCUT2D eigenvalue weighted by molar-refractivity contribution is 14.0. The maximum atomic E-state index is 12.2. The third-order valence-corrected chi connectivity index (χ3v) is 4.27. The van der Waals surface area contributed by atoms with Crippen LogP contribution in [0.5, 0.6) is 5.75 Å². The Labute approximate surface area is 198 Å². The highest BCUT2D eigenvalue weighted by Crippen LogP contribution is 2.17. The van der Waals surface area contributed by atoms with Crippen molar-refractivity contribution in [1.82, 2.24) is 20.9 Å². The highest BCUT2D eigenvalue weighted by atomic mass is 127. The van der Waals surface area contributed by atoms with Gasteiger partial charge in [-0.1, -0.05) is 24.3 Å². The van der Waals surface area contributed by atoms with Gasteiger partial charge in [-0.15, -0.1) is 24.0 Å². The molecular weight excluding hydrogens is 509 g/mol. The molecule has 0 aliphatic carbocycles. The molecule has 0 spiro atoms. The number of benzene rings is 2. The molecule has 9 heteroatoms. The van der Waals surface area contributed by atoms with Gasteiger partial charge in [0.25, 0.3) is 5.91 Å². The average molecular weight is 535 g/mol. The van der Waals surface area contributed by atoms with Gasteiger partial charge in [-0.25, -0.2) is 4.98 Å². The van der Waals surface area contributed by atoms with Crippen LogP contribution >= 0.6 is 24.0 Å². The molecule has 3 aromatic rings. The van der Waals surface area contributed by atoms with Gasteiger partial charge in [-0.3, -0.25) is 9.79 Å². The molecule has 0 radical (unpaired) electrons. The van der Waals surface area contributed by atoms with Crippen LogP contribution in [0.3, 0.4) is 0 Å². The molecule has 1 aromatic heterocycles. The van der Waals surface area contributed by atoms with E-state index >= 15 is 0 Å². The first-order valence-corrected chi connectivity index (χ1v) is 9.56. The molecule has 8 nitrogen and oxygen atoms in total. The second-order valence-electron chi connectivity index (χ2n) is 6.35. The monoisotopic (exact) mass is 535 g/mol. The Morgan fingerprint density at radius 3 is 2.58 bits per heavy atom. The van der Waals surface area contributed by atoms with Crippen LogP contribution in [0.25, 0.3) is 11.5 Å². The minimum Gasteiger partial charge on any atom is -0.497 e. The predicted molar refractivity (Wildman–Crippen MR) is 131 cm³/mol. The Balaban J connectivity index is 0.00000341. The fraction of sp³-hybridized carbons (Fsp3) is 0.227. The smallest absolute Gasteiger partial charge is 0.251 e. The van der Waals surface area contributed by atoms with Crippen LogP contribution in [0.15, 0.2) is 70.3 Å². The van der Waals surface area contributed by atoms with E-state index in [0.717, 1.165) is 11.3 Å². The molecule has 0 saturated carbocycles. The van der Waals surface area contributed by atoms with Gasteiger partial charge in [0, 0.05) is 31.3 Å². The zero-order chi connectivity index (χ0) is 21.2. The van der Waals surface area contributed by atoms with Crippen molar-refractivity contribution in [2.45, 2.75) is 6.54 Å². The summed E-state index contributed by atoms with van der Waals surface area (Å²) in [6.07, 6.45) is 1.62. The van der Waals surface area contributed by atoms with E-state index in [9.17, 15) is 4.79 Å². The van der Waals surface area contributed by atoms with E-state index in [0.29, 0.717) is 42.8 Å². The quantitative estimate of drug-likeness (QED) is 0.178. The van der Waals surface area contributed by atoms with E-state index in [1.807, 2.05) is 30.3 Å². The zero-order valence-corrected chi connectivity index (χ0v) is 19.8. The van der Waals surface area contributed by atoms with E-state index in [1.54, 1.807) is 44.7 Å². The third-order valence-electron chi connectivity index (χ3n) is 4.27. The number of rotatable bonds is 8. The van der Waals surface area contributed by atoms with Crippen LogP contribution in [-0.4, -0.2) is 44.1 Å². The molecule has 0 saturated heterocycles. The van der Waals surface area contributed by atoms with Crippen molar-refractivity contribution in [3.05, 3.63) is 72.1 Å². The first kappa shape index (κ1) is 24.2. The number of nitrogens with zero attached hydrogens (tertiary/aromatic N) is 2. The molecule has 0 unspecified atom stereocenters. The minimum absolute atomic E-state index is 0. The number of ether oxygens (including phenoxy) is 1. The minimum atomic E-state index is -0.158. The van der Waals surface area contributed by atoms with Crippen LogP contribution < -0.4 is 20.7 Å². The van der Waals surface area contributed by atoms with E-state index < -0.39 is 0 Å². The molecule has 3 N–H and O–H groups in total. The van der Waals surface area contributed by atoms with Gasteiger partial charge >= 0.3 is 0 Å².